The van der Waals surface area contributed by atoms with Crippen LogP contribution in [0.3, 0.4) is 0 Å². The second kappa shape index (κ2) is 12.7. The molecule has 0 radical (unpaired) electrons. The van der Waals surface area contributed by atoms with Gasteiger partial charge in [0.1, 0.15) is 0 Å². The second-order valence-corrected chi connectivity index (χ2v) is 5.67. The van der Waals surface area contributed by atoms with Gasteiger partial charge in [-0.15, -0.1) is 0 Å². The Kier molecular flexibility index (Phi) is 11.7. The van der Waals surface area contributed by atoms with Crippen LogP contribution < -0.4 is 5.32 Å². The highest BCUT2D eigenvalue weighted by atomic mass is 16.5. The van der Waals surface area contributed by atoms with E-state index in [1.54, 1.807) is 13.8 Å². The lowest BCUT2D eigenvalue weighted by Crippen LogP contribution is -2.31. The number of carbonyl (C=O) groups excluding carboxylic acids is 3. The van der Waals surface area contributed by atoms with Gasteiger partial charge in [0.2, 0.25) is 11.8 Å². The van der Waals surface area contributed by atoms with E-state index in [9.17, 15) is 14.4 Å². The standard InChI is InChI=1S/C17H30N2O4/c1-14(2)17(22)23-13-9-5-7-11-19(16(4)21)12-8-6-10-18-15(3)20/h1,5-13H2,2-4H3,(H,18,20). The summed E-state index contributed by atoms with van der Waals surface area (Å²) in [5.41, 5.74) is 0.409. The highest BCUT2D eigenvalue weighted by Gasteiger charge is 2.08. The van der Waals surface area contributed by atoms with Gasteiger partial charge in [-0.25, -0.2) is 4.79 Å². The number of ether oxygens (including phenoxy) is 1. The lowest BCUT2D eigenvalue weighted by molar-refractivity contribution is -0.139. The Bertz CT molecular complexity index is 407. The Morgan fingerprint density at radius 2 is 1.57 bits per heavy atom. The lowest BCUT2D eigenvalue weighted by atomic mass is 10.2. The van der Waals surface area contributed by atoms with Gasteiger partial charge in [0.05, 0.1) is 6.61 Å². The van der Waals surface area contributed by atoms with Crippen LogP contribution in [-0.2, 0) is 19.1 Å². The number of nitrogens with one attached hydrogen (secondary N) is 1. The van der Waals surface area contributed by atoms with E-state index in [0.29, 0.717) is 31.8 Å². The first-order valence-electron chi connectivity index (χ1n) is 8.17. The van der Waals surface area contributed by atoms with E-state index in [2.05, 4.69) is 11.9 Å². The normalized spacial score (nSPS) is 10.0. The Balaban J connectivity index is 3.72. The predicted octanol–water partition coefficient (Wildman–Crippen LogP) is 2.04. The number of nitrogens with zero attached hydrogens (tertiary/aromatic N) is 1. The summed E-state index contributed by atoms with van der Waals surface area (Å²) in [5, 5.41) is 2.74. The summed E-state index contributed by atoms with van der Waals surface area (Å²) in [6.07, 6.45) is 4.30. The molecule has 6 heteroatoms. The fourth-order valence-corrected chi connectivity index (χ4v) is 1.99. The molecule has 0 atom stereocenters. The third kappa shape index (κ3) is 12.4. The molecule has 0 heterocycles. The maximum atomic E-state index is 11.6. The maximum absolute atomic E-state index is 11.6. The molecule has 6 nitrogen and oxygen atoms in total. The summed E-state index contributed by atoms with van der Waals surface area (Å²) in [6, 6.07) is 0. The highest BCUT2D eigenvalue weighted by molar-refractivity contribution is 5.86. The molecule has 0 aromatic carbocycles. The van der Waals surface area contributed by atoms with Crippen LogP contribution in [-0.4, -0.2) is 48.9 Å². The summed E-state index contributed by atoms with van der Waals surface area (Å²) < 4.78 is 5.02. The monoisotopic (exact) mass is 326 g/mol. The lowest BCUT2D eigenvalue weighted by Gasteiger charge is -2.21. The van der Waals surface area contributed by atoms with Crippen molar-refractivity contribution in [2.75, 3.05) is 26.2 Å². The molecule has 0 saturated heterocycles. The number of unbranched alkanes of at least 4 members (excludes halogenated alkanes) is 3. The molecule has 0 aromatic heterocycles. The smallest absolute Gasteiger partial charge is 0.333 e. The minimum Gasteiger partial charge on any atom is -0.462 e. The van der Waals surface area contributed by atoms with E-state index >= 15 is 0 Å². The quantitative estimate of drug-likeness (QED) is 0.338. The molecule has 0 fully saturated rings. The van der Waals surface area contributed by atoms with Crippen LogP contribution >= 0.6 is 0 Å². The van der Waals surface area contributed by atoms with Gasteiger partial charge in [-0.2, -0.15) is 0 Å². The van der Waals surface area contributed by atoms with E-state index in [1.807, 2.05) is 4.90 Å². The molecule has 132 valence electrons. The molecule has 0 aliphatic carbocycles. The zero-order chi connectivity index (χ0) is 17.7. The zero-order valence-corrected chi connectivity index (χ0v) is 14.7. The van der Waals surface area contributed by atoms with Crippen LogP contribution in [0.2, 0.25) is 0 Å². The third-order valence-corrected chi connectivity index (χ3v) is 3.33. The maximum Gasteiger partial charge on any atom is 0.333 e. The van der Waals surface area contributed by atoms with Gasteiger partial charge in [-0.05, 0) is 39.0 Å². The fraction of sp³-hybridized carbons (Fsp3) is 0.706. The zero-order valence-electron chi connectivity index (χ0n) is 14.7. The van der Waals surface area contributed by atoms with Crippen molar-refractivity contribution in [2.24, 2.45) is 0 Å². The molecule has 0 saturated carbocycles. The molecule has 0 spiro atoms. The van der Waals surface area contributed by atoms with Gasteiger partial charge >= 0.3 is 5.97 Å². The molecule has 23 heavy (non-hydrogen) atoms. The molecule has 1 N–H and O–H groups in total. The Morgan fingerprint density at radius 3 is 2.09 bits per heavy atom. The predicted molar refractivity (Wildman–Crippen MR) is 89.8 cm³/mol. The van der Waals surface area contributed by atoms with Gasteiger partial charge in [-0.3, -0.25) is 9.59 Å². The summed E-state index contributed by atoms with van der Waals surface area (Å²) in [6.45, 7) is 10.7. The fourth-order valence-electron chi connectivity index (χ4n) is 1.99. The SMILES string of the molecule is C=C(C)C(=O)OCCCCCN(CCCCNC(C)=O)C(C)=O. The summed E-state index contributed by atoms with van der Waals surface area (Å²) in [4.78, 5) is 35.3. The second-order valence-electron chi connectivity index (χ2n) is 5.67. The van der Waals surface area contributed by atoms with Crippen molar-refractivity contribution in [1.29, 1.82) is 0 Å². The van der Waals surface area contributed by atoms with Crippen LogP contribution in [0.4, 0.5) is 0 Å². The van der Waals surface area contributed by atoms with Crippen LogP contribution in [0.1, 0.15) is 52.9 Å². The van der Waals surface area contributed by atoms with Crippen LogP contribution in [0.25, 0.3) is 0 Å². The molecular formula is C17H30N2O4. The number of esters is 1. The third-order valence-electron chi connectivity index (χ3n) is 3.33. The van der Waals surface area contributed by atoms with Gasteiger partial charge in [0, 0.05) is 39.1 Å². The summed E-state index contributed by atoms with van der Waals surface area (Å²) >= 11 is 0. The molecule has 0 bridgehead atoms. The van der Waals surface area contributed by atoms with Crippen molar-refractivity contribution >= 4 is 17.8 Å². The first kappa shape index (κ1) is 21.1. The minimum absolute atomic E-state index is 0.0271. The molecule has 0 rings (SSSR count). The van der Waals surface area contributed by atoms with Crippen molar-refractivity contribution in [1.82, 2.24) is 10.2 Å². The first-order chi connectivity index (χ1) is 10.8. The van der Waals surface area contributed by atoms with Crippen molar-refractivity contribution in [3.05, 3.63) is 12.2 Å². The van der Waals surface area contributed by atoms with Crippen molar-refractivity contribution in [3.63, 3.8) is 0 Å². The minimum atomic E-state index is -0.352. The Hall–Kier alpha value is -1.85. The molecule has 0 aromatic rings. The number of amides is 2. The van der Waals surface area contributed by atoms with E-state index in [0.717, 1.165) is 32.1 Å². The van der Waals surface area contributed by atoms with E-state index in [1.165, 1.54) is 6.92 Å². The summed E-state index contributed by atoms with van der Waals surface area (Å²) in [7, 11) is 0. The Labute approximate surface area is 139 Å². The van der Waals surface area contributed by atoms with Crippen LogP contribution in [0.15, 0.2) is 12.2 Å². The summed E-state index contributed by atoms with van der Waals surface area (Å²) in [5.74, 6) is -0.312. The van der Waals surface area contributed by atoms with E-state index in [-0.39, 0.29) is 17.8 Å². The van der Waals surface area contributed by atoms with E-state index < -0.39 is 0 Å². The van der Waals surface area contributed by atoms with Crippen LogP contribution in [0.5, 0.6) is 0 Å². The van der Waals surface area contributed by atoms with Gasteiger partial charge in [0.15, 0.2) is 0 Å². The molecular weight excluding hydrogens is 296 g/mol. The average Bonchev–Trinajstić information content (AvgIpc) is 2.47. The molecule has 0 aliphatic heterocycles. The van der Waals surface area contributed by atoms with Crippen molar-refractivity contribution in [2.45, 2.75) is 52.9 Å². The molecule has 2 amide bonds. The van der Waals surface area contributed by atoms with Crippen molar-refractivity contribution in [3.8, 4) is 0 Å². The van der Waals surface area contributed by atoms with Gasteiger partial charge < -0.3 is 15.0 Å². The van der Waals surface area contributed by atoms with Crippen molar-refractivity contribution < 1.29 is 19.1 Å². The topological polar surface area (TPSA) is 75.7 Å². The van der Waals surface area contributed by atoms with E-state index in [4.69, 9.17) is 4.74 Å². The molecule has 0 aliphatic rings. The van der Waals surface area contributed by atoms with Gasteiger partial charge in [-0.1, -0.05) is 6.58 Å². The number of carbonyl (C=O) groups is 3. The average molecular weight is 326 g/mol. The van der Waals surface area contributed by atoms with Crippen LogP contribution in [0, 0.1) is 0 Å². The van der Waals surface area contributed by atoms with Gasteiger partial charge in [0.25, 0.3) is 0 Å². The number of hydrogen-bond donors (Lipinski definition) is 1. The highest BCUT2D eigenvalue weighted by Crippen LogP contribution is 2.03. The first-order valence-corrected chi connectivity index (χ1v) is 8.17. The number of hydrogen-bond acceptors (Lipinski definition) is 4. The number of rotatable bonds is 12. The Morgan fingerprint density at radius 1 is 0.957 bits per heavy atom. The molecule has 0 unspecified atom stereocenters. The largest absolute Gasteiger partial charge is 0.462 e.